The van der Waals surface area contributed by atoms with E-state index in [1.165, 1.54) is 12.8 Å². The number of imidazole rings is 1. The molecule has 2 N–H and O–H groups in total. The van der Waals surface area contributed by atoms with Crippen molar-refractivity contribution >= 4 is 5.82 Å². The lowest BCUT2D eigenvalue weighted by Gasteiger charge is -2.05. The quantitative estimate of drug-likeness (QED) is 0.770. The average molecular weight is 179 g/mol. The van der Waals surface area contributed by atoms with Crippen LogP contribution in [0, 0.1) is 0 Å². The van der Waals surface area contributed by atoms with E-state index in [4.69, 9.17) is 5.73 Å². The van der Waals surface area contributed by atoms with Gasteiger partial charge in [-0.15, -0.1) is 0 Å². The maximum atomic E-state index is 6.03. The summed E-state index contributed by atoms with van der Waals surface area (Å²) in [5, 5.41) is 0. The van der Waals surface area contributed by atoms with Crippen molar-refractivity contribution in [3.8, 4) is 0 Å². The molecule has 72 valence electrons. The van der Waals surface area contributed by atoms with Gasteiger partial charge in [-0.1, -0.05) is 13.8 Å². The van der Waals surface area contributed by atoms with Gasteiger partial charge in [0, 0.05) is 12.5 Å². The second-order valence-corrected chi connectivity index (χ2v) is 3.67. The molecule has 0 unspecified atom stereocenters. The molecule has 3 heteroatoms. The number of nitrogens with zero attached hydrogens (tertiary/aromatic N) is 2. The van der Waals surface area contributed by atoms with Gasteiger partial charge in [-0.25, -0.2) is 4.98 Å². The van der Waals surface area contributed by atoms with E-state index in [-0.39, 0.29) is 0 Å². The van der Waals surface area contributed by atoms with Gasteiger partial charge < -0.3 is 10.3 Å². The summed E-state index contributed by atoms with van der Waals surface area (Å²) in [6, 6.07) is 0.655. The molecule has 0 amide bonds. The molecule has 0 bridgehead atoms. The summed E-state index contributed by atoms with van der Waals surface area (Å²) in [7, 11) is 0. The fourth-order valence-electron chi connectivity index (χ4n) is 1.79. The van der Waals surface area contributed by atoms with E-state index in [9.17, 15) is 0 Å². The summed E-state index contributed by atoms with van der Waals surface area (Å²) >= 11 is 0. The van der Waals surface area contributed by atoms with E-state index in [1.807, 2.05) is 0 Å². The Morgan fingerprint density at radius 2 is 2.08 bits per heavy atom. The van der Waals surface area contributed by atoms with Gasteiger partial charge in [0.05, 0.1) is 5.69 Å². The number of nitrogen functional groups attached to an aromatic ring is 1. The zero-order valence-electron chi connectivity index (χ0n) is 8.38. The Balaban J connectivity index is 2.43. The van der Waals surface area contributed by atoms with E-state index in [2.05, 4.69) is 23.4 Å². The lowest BCUT2D eigenvalue weighted by molar-refractivity contribution is 0.696. The van der Waals surface area contributed by atoms with Crippen LogP contribution in [0.5, 0.6) is 0 Å². The van der Waals surface area contributed by atoms with Gasteiger partial charge in [-0.2, -0.15) is 0 Å². The van der Waals surface area contributed by atoms with Gasteiger partial charge in [-0.05, 0) is 19.3 Å². The van der Waals surface area contributed by atoms with Crippen LogP contribution in [-0.2, 0) is 12.8 Å². The third-order valence-electron chi connectivity index (χ3n) is 2.66. The van der Waals surface area contributed by atoms with Crippen molar-refractivity contribution in [3.63, 3.8) is 0 Å². The van der Waals surface area contributed by atoms with Crippen LogP contribution in [-0.4, -0.2) is 9.55 Å². The molecule has 0 saturated heterocycles. The fraction of sp³-hybridized carbons (Fsp3) is 0.700. The molecule has 1 aromatic rings. The van der Waals surface area contributed by atoms with Crippen LogP contribution in [0.2, 0.25) is 0 Å². The molecule has 2 rings (SSSR count). The van der Waals surface area contributed by atoms with Gasteiger partial charge in [0.25, 0.3) is 0 Å². The Morgan fingerprint density at radius 1 is 1.38 bits per heavy atom. The standard InChI is InChI=1S/C10H17N3/c1-3-8-10(11)13(7-5-6-7)9(4-2)12-8/h7H,3-6,11H2,1-2H3. The monoisotopic (exact) mass is 179 g/mol. The minimum atomic E-state index is 0.655. The SMILES string of the molecule is CCc1nc(CC)n(C2CC2)c1N. The van der Waals surface area contributed by atoms with Crippen LogP contribution in [0.3, 0.4) is 0 Å². The van der Waals surface area contributed by atoms with Crippen LogP contribution >= 0.6 is 0 Å². The Bertz CT molecular complexity index is 310. The highest BCUT2D eigenvalue weighted by Crippen LogP contribution is 2.38. The van der Waals surface area contributed by atoms with E-state index < -0.39 is 0 Å². The van der Waals surface area contributed by atoms with Crippen molar-refractivity contribution in [2.75, 3.05) is 5.73 Å². The number of hydrogen-bond donors (Lipinski definition) is 1. The molecule has 1 aromatic heterocycles. The van der Waals surface area contributed by atoms with Crippen molar-refractivity contribution in [2.45, 2.75) is 45.6 Å². The first-order valence-corrected chi connectivity index (χ1v) is 5.13. The summed E-state index contributed by atoms with van der Waals surface area (Å²) in [5.41, 5.74) is 7.10. The molecule has 1 aliphatic carbocycles. The second kappa shape index (κ2) is 3.05. The van der Waals surface area contributed by atoms with Crippen molar-refractivity contribution in [3.05, 3.63) is 11.5 Å². The number of aryl methyl sites for hydroxylation is 2. The summed E-state index contributed by atoms with van der Waals surface area (Å²) in [5.74, 6) is 2.07. The van der Waals surface area contributed by atoms with E-state index >= 15 is 0 Å². The summed E-state index contributed by atoms with van der Waals surface area (Å²) in [4.78, 5) is 4.55. The van der Waals surface area contributed by atoms with E-state index in [0.717, 1.165) is 30.2 Å². The lowest BCUT2D eigenvalue weighted by atomic mass is 10.3. The maximum Gasteiger partial charge on any atom is 0.127 e. The van der Waals surface area contributed by atoms with Gasteiger partial charge in [0.2, 0.25) is 0 Å². The molecule has 1 fully saturated rings. The molecule has 1 aliphatic rings. The maximum absolute atomic E-state index is 6.03. The Morgan fingerprint density at radius 3 is 2.54 bits per heavy atom. The fourth-order valence-corrected chi connectivity index (χ4v) is 1.79. The topological polar surface area (TPSA) is 43.8 Å². The first kappa shape index (κ1) is 8.60. The molecule has 1 heterocycles. The normalized spacial score (nSPS) is 16.5. The summed E-state index contributed by atoms with van der Waals surface area (Å²) in [6.45, 7) is 4.25. The third kappa shape index (κ3) is 1.32. The zero-order chi connectivity index (χ0) is 9.42. The van der Waals surface area contributed by atoms with Crippen LogP contribution in [0.15, 0.2) is 0 Å². The molecule has 0 aromatic carbocycles. The molecule has 0 spiro atoms. The molecular weight excluding hydrogens is 162 g/mol. The first-order chi connectivity index (χ1) is 6.27. The highest BCUT2D eigenvalue weighted by Gasteiger charge is 2.28. The number of hydrogen-bond acceptors (Lipinski definition) is 2. The third-order valence-corrected chi connectivity index (χ3v) is 2.66. The van der Waals surface area contributed by atoms with Gasteiger partial charge in [0.1, 0.15) is 11.6 Å². The Kier molecular flexibility index (Phi) is 2.02. The first-order valence-electron chi connectivity index (χ1n) is 5.13. The van der Waals surface area contributed by atoms with Crippen molar-refractivity contribution in [1.82, 2.24) is 9.55 Å². The highest BCUT2D eigenvalue weighted by molar-refractivity contribution is 5.39. The average Bonchev–Trinajstić information content (AvgIpc) is 2.91. The lowest BCUT2D eigenvalue weighted by Crippen LogP contribution is -2.04. The van der Waals surface area contributed by atoms with Crippen LogP contribution in [0.25, 0.3) is 0 Å². The zero-order valence-corrected chi connectivity index (χ0v) is 8.38. The molecule has 0 atom stereocenters. The second-order valence-electron chi connectivity index (χ2n) is 3.67. The van der Waals surface area contributed by atoms with Gasteiger partial charge in [0.15, 0.2) is 0 Å². The predicted molar refractivity (Wildman–Crippen MR) is 53.7 cm³/mol. The Hall–Kier alpha value is -0.990. The number of anilines is 1. The largest absolute Gasteiger partial charge is 0.384 e. The van der Waals surface area contributed by atoms with E-state index in [1.54, 1.807) is 0 Å². The van der Waals surface area contributed by atoms with Gasteiger partial charge >= 0.3 is 0 Å². The van der Waals surface area contributed by atoms with Crippen molar-refractivity contribution in [2.24, 2.45) is 0 Å². The number of aromatic nitrogens is 2. The smallest absolute Gasteiger partial charge is 0.127 e. The van der Waals surface area contributed by atoms with Crippen LogP contribution in [0.1, 0.15) is 44.2 Å². The summed E-state index contributed by atoms with van der Waals surface area (Å²) in [6.07, 6.45) is 4.48. The number of rotatable bonds is 3. The van der Waals surface area contributed by atoms with Crippen molar-refractivity contribution in [1.29, 1.82) is 0 Å². The Labute approximate surface area is 79.0 Å². The van der Waals surface area contributed by atoms with Gasteiger partial charge in [-0.3, -0.25) is 0 Å². The van der Waals surface area contributed by atoms with Crippen LogP contribution in [0.4, 0.5) is 5.82 Å². The van der Waals surface area contributed by atoms with Crippen LogP contribution < -0.4 is 5.73 Å². The minimum Gasteiger partial charge on any atom is -0.384 e. The number of nitrogens with two attached hydrogens (primary N) is 1. The molecular formula is C10H17N3. The molecule has 13 heavy (non-hydrogen) atoms. The highest BCUT2D eigenvalue weighted by atomic mass is 15.2. The van der Waals surface area contributed by atoms with E-state index in [0.29, 0.717) is 6.04 Å². The minimum absolute atomic E-state index is 0.655. The molecule has 0 aliphatic heterocycles. The summed E-state index contributed by atoms with van der Waals surface area (Å²) < 4.78 is 2.23. The molecule has 3 nitrogen and oxygen atoms in total. The molecule has 0 radical (unpaired) electrons. The molecule has 1 saturated carbocycles. The predicted octanol–water partition coefficient (Wildman–Crippen LogP) is 1.92. The van der Waals surface area contributed by atoms with Crippen molar-refractivity contribution < 1.29 is 0 Å².